The zero-order valence-electron chi connectivity index (χ0n) is 15.4. The third-order valence-electron chi connectivity index (χ3n) is 4.41. The van der Waals surface area contributed by atoms with Crippen LogP contribution in [0.15, 0.2) is 34.6 Å². The molecule has 0 radical (unpaired) electrons. The van der Waals surface area contributed by atoms with Gasteiger partial charge in [0, 0.05) is 25.8 Å². The second-order valence-corrected chi connectivity index (χ2v) is 9.36. The average Bonchev–Trinajstić information content (AvgIpc) is 3.07. The Morgan fingerprint density at radius 3 is 2.67 bits per heavy atom. The lowest BCUT2D eigenvalue weighted by molar-refractivity contribution is -0.113. The Morgan fingerprint density at radius 2 is 2.00 bits per heavy atom. The summed E-state index contributed by atoms with van der Waals surface area (Å²) in [6, 6.07) is 4.99. The third-order valence-corrected chi connectivity index (χ3v) is 7.48. The van der Waals surface area contributed by atoms with Crippen molar-refractivity contribution in [3.8, 4) is 0 Å². The highest BCUT2D eigenvalue weighted by Crippen LogP contribution is 2.26. The van der Waals surface area contributed by atoms with Crippen molar-refractivity contribution in [2.45, 2.75) is 36.2 Å². The number of hydrogen-bond acceptors (Lipinski definition) is 6. The summed E-state index contributed by atoms with van der Waals surface area (Å²) in [5.41, 5.74) is 1.15. The van der Waals surface area contributed by atoms with Crippen LogP contribution in [0.4, 0.5) is 5.69 Å². The lowest BCUT2D eigenvalue weighted by atomic mass is 10.2. The molecular formula is C17H23N5O3S2. The highest BCUT2D eigenvalue weighted by Gasteiger charge is 2.27. The first-order chi connectivity index (χ1) is 12.9. The molecule has 0 bridgehead atoms. The van der Waals surface area contributed by atoms with Crippen molar-refractivity contribution in [1.82, 2.24) is 19.1 Å². The van der Waals surface area contributed by atoms with Gasteiger partial charge in [0.1, 0.15) is 6.33 Å². The summed E-state index contributed by atoms with van der Waals surface area (Å²) in [7, 11) is -1.75. The minimum atomic E-state index is -3.55. The van der Waals surface area contributed by atoms with E-state index >= 15 is 0 Å². The second kappa shape index (κ2) is 8.41. The molecule has 0 unspecified atom stereocenters. The molecule has 1 aromatic carbocycles. The molecule has 1 N–H and O–H groups in total. The van der Waals surface area contributed by atoms with Crippen LogP contribution < -0.4 is 5.32 Å². The van der Waals surface area contributed by atoms with E-state index in [9.17, 15) is 13.2 Å². The SMILES string of the molecule is Cc1ccc(NC(=O)CSc2nncn2C)cc1S(=O)(=O)N1CCCCC1. The largest absolute Gasteiger partial charge is 0.325 e. The predicted octanol–water partition coefficient (Wildman–Crippen LogP) is 2.03. The lowest BCUT2D eigenvalue weighted by Gasteiger charge is -2.26. The lowest BCUT2D eigenvalue weighted by Crippen LogP contribution is -2.36. The van der Waals surface area contributed by atoms with Crippen LogP contribution in [0, 0.1) is 6.92 Å². The van der Waals surface area contributed by atoms with Crippen molar-refractivity contribution in [2.75, 3.05) is 24.2 Å². The van der Waals surface area contributed by atoms with E-state index in [1.165, 1.54) is 16.1 Å². The minimum absolute atomic E-state index is 0.161. The summed E-state index contributed by atoms with van der Waals surface area (Å²) in [5, 5.41) is 11.1. The normalized spacial score (nSPS) is 15.6. The number of sulfonamides is 1. The van der Waals surface area contributed by atoms with E-state index in [0.29, 0.717) is 29.5 Å². The number of aryl methyl sites for hydroxylation is 2. The van der Waals surface area contributed by atoms with Gasteiger partial charge in [-0.1, -0.05) is 24.2 Å². The van der Waals surface area contributed by atoms with Gasteiger partial charge in [-0.25, -0.2) is 8.42 Å². The maximum absolute atomic E-state index is 13.0. The first-order valence-corrected chi connectivity index (χ1v) is 11.2. The average molecular weight is 410 g/mol. The molecule has 2 aromatic rings. The van der Waals surface area contributed by atoms with Crippen LogP contribution in [-0.2, 0) is 21.9 Å². The number of carbonyl (C=O) groups excluding carboxylic acids is 1. The summed E-state index contributed by atoms with van der Waals surface area (Å²) in [6.45, 7) is 2.87. The Labute approximate surface area is 163 Å². The van der Waals surface area contributed by atoms with Crippen molar-refractivity contribution in [2.24, 2.45) is 7.05 Å². The number of piperidine rings is 1. The molecule has 10 heteroatoms. The molecule has 0 saturated carbocycles. The van der Waals surface area contributed by atoms with E-state index in [1.54, 1.807) is 43.1 Å². The van der Waals surface area contributed by atoms with Gasteiger partial charge in [0.15, 0.2) is 5.16 Å². The van der Waals surface area contributed by atoms with Crippen molar-refractivity contribution in [3.05, 3.63) is 30.1 Å². The van der Waals surface area contributed by atoms with Gasteiger partial charge in [0.25, 0.3) is 0 Å². The molecule has 0 spiro atoms. The first-order valence-electron chi connectivity index (χ1n) is 8.75. The van der Waals surface area contributed by atoms with Crippen molar-refractivity contribution < 1.29 is 13.2 Å². The van der Waals surface area contributed by atoms with Crippen LogP contribution >= 0.6 is 11.8 Å². The summed E-state index contributed by atoms with van der Waals surface area (Å²) in [4.78, 5) is 12.5. The number of carbonyl (C=O) groups is 1. The quantitative estimate of drug-likeness (QED) is 0.733. The van der Waals surface area contributed by atoms with Gasteiger partial charge in [-0.15, -0.1) is 10.2 Å². The van der Waals surface area contributed by atoms with Crippen LogP contribution in [0.25, 0.3) is 0 Å². The molecule has 146 valence electrons. The van der Waals surface area contributed by atoms with Crippen LogP contribution in [0.2, 0.25) is 0 Å². The number of anilines is 1. The number of nitrogens with one attached hydrogen (secondary N) is 1. The van der Waals surface area contributed by atoms with Crippen LogP contribution in [0.5, 0.6) is 0 Å². The van der Waals surface area contributed by atoms with Gasteiger partial charge in [-0.3, -0.25) is 4.79 Å². The fraction of sp³-hybridized carbons (Fsp3) is 0.471. The predicted molar refractivity (Wildman–Crippen MR) is 104 cm³/mol. The third kappa shape index (κ3) is 4.69. The Balaban J connectivity index is 1.71. The van der Waals surface area contributed by atoms with Crippen LogP contribution in [0.1, 0.15) is 24.8 Å². The molecule has 0 atom stereocenters. The minimum Gasteiger partial charge on any atom is -0.325 e. The fourth-order valence-electron chi connectivity index (χ4n) is 2.93. The van der Waals surface area contributed by atoms with Gasteiger partial charge in [-0.05, 0) is 37.5 Å². The number of benzene rings is 1. The van der Waals surface area contributed by atoms with Crippen LogP contribution in [-0.4, -0.2) is 52.2 Å². The molecule has 1 saturated heterocycles. The Hall–Kier alpha value is -1.91. The summed E-state index contributed by atoms with van der Waals surface area (Å²) >= 11 is 1.27. The smallest absolute Gasteiger partial charge is 0.243 e. The molecule has 27 heavy (non-hydrogen) atoms. The van der Waals surface area contributed by atoms with Crippen LogP contribution in [0.3, 0.4) is 0 Å². The molecule has 1 amide bonds. The molecule has 0 aliphatic carbocycles. The number of rotatable bonds is 6. The zero-order chi connectivity index (χ0) is 19.4. The first kappa shape index (κ1) is 19.8. The molecule has 3 rings (SSSR count). The van der Waals surface area contributed by atoms with E-state index < -0.39 is 10.0 Å². The van der Waals surface area contributed by atoms with Gasteiger partial charge in [0.2, 0.25) is 15.9 Å². The molecule has 2 heterocycles. The van der Waals surface area contributed by atoms with E-state index in [2.05, 4.69) is 15.5 Å². The molecule has 1 aliphatic heterocycles. The molecule has 8 nitrogen and oxygen atoms in total. The Bertz CT molecular complexity index is 920. The van der Waals surface area contributed by atoms with Crippen molar-refractivity contribution in [3.63, 3.8) is 0 Å². The van der Waals surface area contributed by atoms with Gasteiger partial charge in [-0.2, -0.15) is 4.31 Å². The number of hydrogen-bond donors (Lipinski definition) is 1. The topological polar surface area (TPSA) is 97.2 Å². The van der Waals surface area contributed by atoms with Crippen molar-refractivity contribution >= 4 is 33.4 Å². The highest BCUT2D eigenvalue weighted by atomic mass is 32.2. The standard InChI is InChI=1S/C17H23N5O3S2/c1-13-6-7-14(19-16(23)11-26-17-20-18-12-21(17)2)10-15(13)27(24,25)22-8-4-3-5-9-22/h6-7,10,12H,3-5,8-9,11H2,1-2H3,(H,19,23). The van der Waals surface area contributed by atoms with E-state index in [4.69, 9.17) is 0 Å². The fourth-order valence-corrected chi connectivity index (χ4v) is 5.39. The zero-order valence-corrected chi connectivity index (χ0v) is 17.0. The Morgan fingerprint density at radius 1 is 1.26 bits per heavy atom. The molecular weight excluding hydrogens is 386 g/mol. The van der Waals surface area contributed by atoms with Gasteiger partial charge < -0.3 is 9.88 Å². The van der Waals surface area contributed by atoms with E-state index in [1.807, 2.05) is 0 Å². The molecule has 1 aromatic heterocycles. The summed E-state index contributed by atoms with van der Waals surface area (Å²) in [5.74, 6) is -0.0672. The number of thioether (sulfide) groups is 1. The molecule has 1 fully saturated rings. The van der Waals surface area contributed by atoms with Gasteiger partial charge in [0.05, 0.1) is 10.6 Å². The number of aromatic nitrogens is 3. The summed E-state index contributed by atoms with van der Waals surface area (Å²) < 4.78 is 29.2. The second-order valence-electron chi connectivity index (χ2n) is 6.51. The summed E-state index contributed by atoms with van der Waals surface area (Å²) in [6.07, 6.45) is 4.39. The van der Waals surface area contributed by atoms with Crippen molar-refractivity contribution in [1.29, 1.82) is 0 Å². The maximum atomic E-state index is 13.0. The van der Waals surface area contributed by atoms with E-state index in [-0.39, 0.29) is 16.6 Å². The van der Waals surface area contributed by atoms with Gasteiger partial charge >= 0.3 is 0 Å². The number of nitrogens with zero attached hydrogens (tertiary/aromatic N) is 4. The van der Waals surface area contributed by atoms with E-state index in [0.717, 1.165) is 19.3 Å². The Kier molecular flexibility index (Phi) is 6.18. The maximum Gasteiger partial charge on any atom is 0.243 e. The number of amides is 1. The monoisotopic (exact) mass is 409 g/mol. The highest BCUT2D eigenvalue weighted by molar-refractivity contribution is 7.99. The molecule has 1 aliphatic rings.